The van der Waals surface area contributed by atoms with Gasteiger partial charge in [-0.25, -0.2) is 0 Å². The Balaban J connectivity index is 2.25. The average Bonchev–Trinajstić information content (AvgIpc) is 2.55. The topological polar surface area (TPSA) is 46.2 Å². The van der Waals surface area contributed by atoms with Crippen molar-refractivity contribution < 1.29 is 22.8 Å². The van der Waals surface area contributed by atoms with Crippen molar-refractivity contribution in [3.05, 3.63) is 0 Å². The van der Waals surface area contributed by atoms with Gasteiger partial charge in [0.25, 0.3) is 0 Å². The summed E-state index contributed by atoms with van der Waals surface area (Å²) >= 11 is 0. The number of hydrogen-bond acceptors (Lipinski definition) is 2. The monoisotopic (exact) mass is 277 g/mol. The van der Waals surface area contributed by atoms with Crippen LogP contribution in [0.3, 0.4) is 0 Å². The minimum Gasteiger partial charge on any atom is -0.346 e. The molecule has 6 heteroatoms. The highest BCUT2D eigenvalue weighted by atomic mass is 19.4. The first-order valence-electron chi connectivity index (χ1n) is 6.35. The number of fused-ring (bicyclic) bond motifs is 2. The summed E-state index contributed by atoms with van der Waals surface area (Å²) in [6.45, 7) is 4.12. The lowest BCUT2D eigenvalue weighted by Gasteiger charge is -2.38. The van der Waals surface area contributed by atoms with Gasteiger partial charge in [-0.05, 0) is 18.3 Å². The fraction of sp³-hybridized carbons (Fsp3) is 0.846. The van der Waals surface area contributed by atoms with E-state index in [1.54, 1.807) is 0 Å². The Morgan fingerprint density at radius 2 is 1.84 bits per heavy atom. The van der Waals surface area contributed by atoms with E-state index in [9.17, 15) is 22.8 Å². The highest BCUT2D eigenvalue weighted by Gasteiger charge is 2.72. The van der Waals surface area contributed by atoms with Crippen molar-refractivity contribution in [2.45, 2.75) is 46.2 Å². The Morgan fingerprint density at radius 3 is 2.21 bits per heavy atom. The number of carbonyl (C=O) groups excluding carboxylic acids is 2. The summed E-state index contributed by atoms with van der Waals surface area (Å²) in [5, 5.41) is 1.96. The number of Topliss-reactive ketones (excluding diaryl/α,β-unsaturated/α-hetero) is 1. The van der Waals surface area contributed by atoms with Crippen LogP contribution in [0.15, 0.2) is 0 Å². The quantitative estimate of drug-likeness (QED) is 0.842. The lowest BCUT2D eigenvalue weighted by molar-refractivity contribution is -0.148. The summed E-state index contributed by atoms with van der Waals surface area (Å²) in [5.74, 6) is -0.643. The van der Waals surface area contributed by atoms with Crippen LogP contribution in [0.25, 0.3) is 0 Å². The van der Waals surface area contributed by atoms with Crippen molar-refractivity contribution in [2.75, 3.05) is 6.54 Å². The average molecular weight is 277 g/mol. The molecule has 0 spiro atoms. The van der Waals surface area contributed by atoms with Crippen LogP contribution < -0.4 is 5.32 Å². The molecule has 2 aliphatic rings. The summed E-state index contributed by atoms with van der Waals surface area (Å²) in [6.07, 6.45) is -3.33. The van der Waals surface area contributed by atoms with Gasteiger partial charge in [-0.1, -0.05) is 20.8 Å². The highest BCUT2D eigenvalue weighted by molar-refractivity contribution is 5.99. The van der Waals surface area contributed by atoms with E-state index < -0.39 is 34.9 Å². The third-order valence-corrected chi connectivity index (χ3v) is 5.59. The molecule has 2 rings (SSSR count). The fourth-order valence-corrected chi connectivity index (χ4v) is 3.71. The van der Waals surface area contributed by atoms with Gasteiger partial charge < -0.3 is 5.32 Å². The van der Waals surface area contributed by atoms with Gasteiger partial charge in [0.2, 0.25) is 5.91 Å². The van der Waals surface area contributed by atoms with Crippen LogP contribution in [0, 0.1) is 16.2 Å². The predicted octanol–water partition coefficient (Wildman–Crippen LogP) is 2.45. The van der Waals surface area contributed by atoms with Gasteiger partial charge in [-0.15, -0.1) is 0 Å². The van der Waals surface area contributed by atoms with E-state index in [4.69, 9.17) is 0 Å². The normalized spacial score (nSPS) is 36.6. The van der Waals surface area contributed by atoms with E-state index in [0.29, 0.717) is 12.8 Å². The molecule has 0 aromatic heterocycles. The molecule has 2 atom stereocenters. The molecule has 0 aromatic rings. The molecule has 2 bridgehead atoms. The molecular formula is C13H18F3NO2. The molecule has 108 valence electrons. The van der Waals surface area contributed by atoms with Crippen LogP contribution in [0.1, 0.15) is 40.0 Å². The molecule has 1 amide bonds. The first-order valence-corrected chi connectivity index (χ1v) is 6.35. The Hall–Kier alpha value is -1.07. The molecule has 0 saturated heterocycles. The van der Waals surface area contributed by atoms with E-state index in [1.165, 1.54) is 0 Å². The first kappa shape index (κ1) is 14.3. The minimum absolute atomic E-state index is 0.00842. The Kier molecular flexibility index (Phi) is 2.82. The predicted molar refractivity (Wildman–Crippen MR) is 62.2 cm³/mol. The summed E-state index contributed by atoms with van der Waals surface area (Å²) in [6, 6.07) is 0. The maximum absolute atomic E-state index is 12.2. The Labute approximate surface area is 109 Å². The molecule has 0 radical (unpaired) electrons. The molecule has 0 aromatic carbocycles. The molecule has 2 saturated carbocycles. The third kappa shape index (κ3) is 1.71. The summed E-state index contributed by atoms with van der Waals surface area (Å²) in [4.78, 5) is 24.3. The molecule has 2 aliphatic carbocycles. The summed E-state index contributed by atoms with van der Waals surface area (Å²) in [7, 11) is 0. The number of nitrogens with one attached hydrogen (secondary N) is 1. The zero-order valence-corrected chi connectivity index (χ0v) is 11.3. The lowest BCUT2D eigenvalue weighted by Crippen LogP contribution is -2.48. The fourth-order valence-electron chi connectivity index (χ4n) is 3.71. The van der Waals surface area contributed by atoms with Gasteiger partial charge in [-0.2, -0.15) is 13.2 Å². The van der Waals surface area contributed by atoms with E-state index in [2.05, 4.69) is 0 Å². The molecule has 0 aliphatic heterocycles. The van der Waals surface area contributed by atoms with Crippen molar-refractivity contribution in [3.8, 4) is 0 Å². The number of hydrogen-bond donors (Lipinski definition) is 1. The number of alkyl halides is 3. The van der Waals surface area contributed by atoms with Crippen LogP contribution >= 0.6 is 0 Å². The third-order valence-electron chi connectivity index (χ3n) is 5.59. The van der Waals surface area contributed by atoms with Crippen molar-refractivity contribution in [1.29, 1.82) is 0 Å². The number of amides is 1. The van der Waals surface area contributed by atoms with E-state index in [1.807, 2.05) is 26.1 Å². The standard InChI is InChI=1S/C13H18F3NO2/c1-10(2)11(3)4-5-12(10,6-8(11)18)9(19)17-7-13(14,15)16/h4-7H2,1-3H3,(H,17,19)/t11-,12+/m0/s1. The van der Waals surface area contributed by atoms with E-state index >= 15 is 0 Å². The SMILES string of the molecule is CC1(C)[C@]2(C(=O)NCC(F)(F)F)CC[C@@]1(C)C(=O)C2. The minimum atomic E-state index is -4.43. The molecular weight excluding hydrogens is 259 g/mol. The molecule has 2 fully saturated rings. The van der Waals surface area contributed by atoms with Gasteiger partial charge in [0.15, 0.2) is 0 Å². The number of halogens is 3. The Bertz CT molecular complexity index is 444. The van der Waals surface area contributed by atoms with Crippen molar-refractivity contribution in [2.24, 2.45) is 16.2 Å². The van der Waals surface area contributed by atoms with Crippen molar-refractivity contribution >= 4 is 11.7 Å². The van der Waals surface area contributed by atoms with E-state index in [-0.39, 0.29) is 12.2 Å². The van der Waals surface area contributed by atoms with Gasteiger partial charge in [0.05, 0.1) is 5.41 Å². The number of carbonyl (C=O) groups is 2. The van der Waals surface area contributed by atoms with E-state index in [0.717, 1.165) is 0 Å². The highest BCUT2D eigenvalue weighted by Crippen LogP contribution is 2.70. The van der Waals surface area contributed by atoms with Crippen LogP contribution in [0.2, 0.25) is 0 Å². The van der Waals surface area contributed by atoms with Gasteiger partial charge in [0, 0.05) is 11.8 Å². The lowest BCUT2D eigenvalue weighted by atomic mass is 9.64. The zero-order valence-electron chi connectivity index (χ0n) is 11.3. The van der Waals surface area contributed by atoms with Crippen LogP contribution in [0.4, 0.5) is 13.2 Å². The van der Waals surface area contributed by atoms with Crippen LogP contribution in [-0.2, 0) is 9.59 Å². The first-order chi connectivity index (χ1) is 8.46. The smallest absolute Gasteiger partial charge is 0.346 e. The molecule has 0 heterocycles. The maximum Gasteiger partial charge on any atom is 0.405 e. The van der Waals surface area contributed by atoms with Crippen molar-refractivity contribution in [1.82, 2.24) is 5.32 Å². The maximum atomic E-state index is 12.2. The van der Waals surface area contributed by atoms with Gasteiger partial charge >= 0.3 is 6.18 Å². The summed E-state index contributed by atoms with van der Waals surface area (Å²) < 4.78 is 36.6. The second-order valence-electron chi connectivity index (χ2n) is 6.44. The molecule has 0 unspecified atom stereocenters. The van der Waals surface area contributed by atoms with Crippen molar-refractivity contribution in [3.63, 3.8) is 0 Å². The number of ketones is 1. The molecule has 1 N–H and O–H groups in total. The summed E-state index contributed by atoms with van der Waals surface area (Å²) in [5.41, 5.74) is -2.18. The van der Waals surface area contributed by atoms with Gasteiger partial charge in [-0.3, -0.25) is 9.59 Å². The van der Waals surface area contributed by atoms with Crippen LogP contribution in [-0.4, -0.2) is 24.4 Å². The zero-order chi connectivity index (χ0) is 14.7. The second kappa shape index (κ2) is 3.73. The second-order valence-corrected chi connectivity index (χ2v) is 6.44. The Morgan fingerprint density at radius 1 is 1.26 bits per heavy atom. The molecule has 3 nitrogen and oxygen atoms in total. The van der Waals surface area contributed by atoms with Crippen LogP contribution in [0.5, 0.6) is 0 Å². The van der Waals surface area contributed by atoms with Gasteiger partial charge in [0.1, 0.15) is 12.3 Å². The molecule has 19 heavy (non-hydrogen) atoms. The number of rotatable bonds is 2. The largest absolute Gasteiger partial charge is 0.405 e.